The molecule has 0 saturated heterocycles. The molecule has 13 nitrogen and oxygen atoms in total. The number of alkyl halides is 1. The highest BCUT2D eigenvalue weighted by Crippen LogP contribution is 2.51. The summed E-state index contributed by atoms with van der Waals surface area (Å²) in [6.45, 7) is 1.96. The molecule has 15 heteroatoms. The summed E-state index contributed by atoms with van der Waals surface area (Å²) in [5.41, 5.74) is 4.05. The number of hydrogen-bond donors (Lipinski definition) is 6. The average molecular weight is 716 g/mol. The third-order valence-electron chi connectivity index (χ3n) is 9.46. The number of carbonyl (C=O) groups excluding carboxylic acids is 3. The van der Waals surface area contributed by atoms with Gasteiger partial charge in [0.15, 0.2) is 28.1 Å². The first-order valence-corrected chi connectivity index (χ1v) is 17.0. The lowest BCUT2D eigenvalue weighted by Crippen LogP contribution is -2.30. The summed E-state index contributed by atoms with van der Waals surface area (Å²) in [4.78, 5) is 52.2. The lowest BCUT2D eigenvalue weighted by molar-refractivity contribution is -0.109. The predicted molar refractivity (Wildman–Crippen MR) is 190 cm³/mol. The number of H-pyrrole nitrogens is 3. The third kappa shape index (κ3) is 4.66. The zero-order valence-corrected chi connectivity index (χ0v) is 28.5. The Kier molecular flexibility index (Phi) is 7.35. The van der Waals surface area contributed by atoms with Crippen molar-refractivity contribution in [2.24, 2.45) is 0 Å². The minimum absolute atomic E-state index is 0.0675. The number of hydrogen-bond acceptors (Lipinski definition) is 9. The molecule has 3 aromatic carbocycles. The number of fused-ring (bicyclic) bond motifs is 7. The van der Waals surface area contributed by atoms with Crippen molar-refractivity contribution in [2.75, 3.05) is 43.0 Å². The first-order valence-electron chi connectivity index (χ1n) is 15.6. The van der Waals surface area contributed by atoms with Crippen LogP contribution in [-0.4, -0.2) is 80.4 Å². The van der Waals surface area contributed by atoms with Gasteiger partial charge < -0.3 is 49.5 Å². The average Bonchev–Trinajstić information content (AvgIpc) is 3.91. The maximum absolute atomic E-state index is 14.2. The Balaban J connectivity index is 1.18. The monoisotopic (exact) mass is 715 g/mol. The van der Waals surface area contributed by atoms with Crippen molar-refractivity contribution in [3.63, 3.8) is 0 Å². The number of carbonyl (C=O) groups is 3. The van der Waals surface area contributed by atoms with E-state index in [1.807, 2.05) is 6.07 Å². The minimum Gasteiger partial charge on any atom is -0.506 e. The molecule has 0 saturated carbocycles. The van der Waals surface area contributed by atoms with Gasteiger partial charge in [0.05, 0.1) is 41.7 Å². The summed E-state index contributed by atoms with van der Waals surface area (Å²) in [6, 6.07) is 9.73. The first-order chi connectivity index (χ1) is 24.0. The van der Waals surface area contributed by atoms with Crippen LogP contribution in [0.15, 0.2) is 41.4 Å². The van der Waals surface area contributed by atoms with E-state index < -0.39 is 5.91 Å². The molecule has 256 valence electrons. The third-order valence-corrected chi connectivity index (χ3v) is 10.6. The number of aromatic amines is 3. The van der Waals surface area contributed by atoms with Gasteiger partial charge in [-0.1, -0.05) is 0 Å². The van der Waals surface area contributed by atoms with E-state index in [-0.39, 0.29) is 76.0 Å². The van der Waals surface area contributed by atoms with Crippen LogP contribution in [0.5, 0.6) is 28.7 Å². The van der Waals surface area contributed by atoms with E-state index in [4.69, 9.17) is 21.1 Å². The largest absolute Gasteiger partial charge is 0.506 e. The number of amides is 2. The van der Waals surface area contributed by atoms with Crippen LogP contribution in [0.1, 0.15) is 44.9 Å². The Morgan fingerprint density at radius 1 is 0.900 bits per heavy atom. The maximum atomic E-state index is 14.2. The number of phenols is 3. The fourth-order valence-electron chi connectivity index (χ4n) is 7.33. The zero-order chi connectivity index (χ0) is 35.2. The number of benzene rings is 3. The predicted octanol–water partition coefficient (Wildman–Crippen LogP) is 6.09. The SMILES string of the molecule is COc1cc2cc(C(=O)N3C[C@@H](CCl)c4c3cc(O)c3[nH]c(C(=O)N5CCc6c5c(O)c(OC)c5[nH]c(SC(C)=O)cc65)cc43)[nH]c2cc1O. The van der Waals surface area contributed by atoms with E-state index in [1.54, 1.807) is 23.1 Å². The molecule has 0 radical (unpaired) electrons. The number of methoxy groups -OCH3 is 2. The van der Waals surface area contributed by atoms with E-state index in [1.165, 1.54) is 38.2 Å². The molecule has 2 aliphatic rings. The molecular formula is C35H30ClN5O8S. The molecule has 0 aliphatic carbocycles. The molecule has 2 aliphatic heterocycles. The van der Waals surface area contributed by atoms with Crippen molar-refractivity contribution >= 4 is 84.4 Å². The van der Waals surface area contributed by atoms with E-state index >= 15 is 0 Å². The molecule has 0 fully saturated rings. The van der Waals surface area contributed by atoms with Crippen LogP contribution in [-0.2, 0) is 11.2 Å². The quantitative estimate of drug-likeness (QED) is 0.0878. The molecule has 5 heterocycles. The van der Waals surface area contributed by atoms with Gasteiger partial charge in [0.25, 0.3) is 11.8 Å². The summed E-state index contributed by atoms with van der Waals surface area (Å²) in [6.07, 6.45) is 0.448. The molecule has 6 aromatic rings. The first kappa shape index (κ1) is 31.8. The van der Waals surface area contributed by atoms with Crippen LogP contribution in [0.3, 0.4) is 0 Å². The Bertz CT molecular complexity index is 2450. The number of phenolic OH excluding ortho intramolecular Hbond substituents is 3. The summed E-state index contributed by atoms with van der Waals surface area (Å²) in [5.74, 6) is -0.942. The molecule has 1 atom stereocenters. The molecule has 8 rings (SSSR count). The van der Waals surface area contributed by atoms with Gasteiger partial charge in [-0.25, -0.2) is 0 Å². The Morgan fingerprint density at radius 3 is 2.38 bits per heavy atom. The fraction of sp³-hybridized carbons (Fsp3) is 0.229. The van der Waals surface area contributed by atoms with Crippen LogP contribution in [0.4, 0.5) is 11.4 Å². The Morgan fingerprint density at radius 2 is 1.66 bits per heavy atom. The summed E-state index contributed by atoms with van der Waals surface area (Å²) < 4.78 is 10.8. The summed E-state index contributed by atoms with van der Waals surface area (Å²) >= 11 is 7.49. The maximum Gasteiger partial charge on any atom is 0.274 e. The van der Waals surface area contributed by atoms with Crippen LogP contribution in [0.2, 0.25) is 0 Å². The lowest BCUT2D eigenvalue weighted by atomic mass is 9.98. The second-order valence-electron chi connectivity index (χ2n) is 12.3. The standard InChI is InChI=1S/C35H30ClN5O8S/c1-14(42)50-27-9-18-17-4-5-40(31(17)32(45)33(49-3)30(18)39-27)34(46)22-8-19-28-16(12-36)13-41(23(28)11-25(44)29(19)38-22)35(47)21-6-15-7-26(48-2)24(43)10-20(15)37-21/h6-11,16,37-39,43-45H,4-5,12-13H2,1-3H3/t16-/m1/s1. The van der Waals surface area contributed by atoms with Crippen molar-refractivity contribution in [1.82, 2.24) is 15.0 Å². The van der Waals surface area contributed by atoms with Crippen LogP contribution >= 0.6 is 23.4 Å². The van der Waals surface area contributed by atoms with Crippen LogP contribution in [0.25, 0.3) is 32.7 Å². The van der Waals surface area contributed by atoms with E-state index in [0.717, 1.165) is 22.7 Å². The van der Waals surface area contributed by atoms with Crippen LogP contribution < -0.4 is 19.3 Å². The smallest absolute Gasteiger partial charge is 0.274 e. The number of ether oxygens (including phenoxy) is 2. The molecule has 2 amide bonds. The molecule has 0 spiro atoms. The van der Waals surface area contributed by atoms with Gasteiger partial charge in [0.2, 0.25) is 0 Å². The van der Waals surface area contributed by atoms with Gasteiger partial charge >= 0.3 is 0 Å². The number of aromatic hydroxyl groups is 3. The molecule has 0 unspecified atom stereocenters. The number of halogens is 1. The summed E-state index contributed by atoms with van der Waals surface area (Å²) in [7, 11) is 2.86. The van der Waals surface area contributed by atoms with E-state index in [0.29, 0.717) is 55.7 Å². The number of nitrogens with zero attached hydrogens (tertiary/aromatic N) is 2. The van der Waals surface area contributed by atoms with Crippen molar-refractivity contribution in [3.05, 3.63) is 58.9 Å². The Hall–Kier alpha value is -5.47. The topological polar surface area (TPSA) is 184 Å². The van der Waals surface area contributed by atoms with Gasteiger partial charge in [-0.3, -0.25) is 14.4 Å². The van der Waals surface area contributed by atoms with E-state index in [2.05, 4.69) is 15.0 Å². The van der Waals surface area contributed by atoms with Gasteiger partial charge in [-0.15, -0.1) is 11.6 Å². The fourth-order valence-corrected chi connectivity index (χ4v) is 8.23. The second kappa shape index (κ2) is 11.6. The molecular weight excluding hydrogens is 686 g/mol. The lowest BCUT2D eigenvalue weighted by Gasteiger charge is -2.19. The molecule has 6 N–H and O–H groups in total. The number of anilines is 2. The van der Waals surface area contributed by atoms with E-state index in [9.17, 15) is 29.7 Å². The summed E-state index contributed by atoms with van der Waals surface area (Å²) in [5, 5.41) is 35.2. The van der Waals surface area contributed by atoms with Crippen molar-refractivity contribution in [1.29, 1.82) is 0 Å². The normalized spacial score (nSPS) is 15.3. The number of rotatable bonds is 6. The number of aromatic nitrogens is 3. The molecule has 0 bridgehead atoms. The zero-order valence-electron chi connectivity index (χ0n) is 26.9. The highest BCUT2D eigenvalue weighted by Gasteiger charge is 2.38. The number of nitrogens with one attached hydrogen (secondary N) is 3. The highest BCUT2D eigenvalue weighted by molar-refractivity contribution is 8.13. The van der Waals surface area contributed by atoms with Gasteiger partial charge in [0.1, 0.15) is 17.1 Å². The van der Waals surface area contributed by atoms with Crippen LogP contribution in [0, 0.1) is 0 Å². The second-order valence-corrected chi connectivity index (χ2v) is 13.8. The number of thioether (sulfide) groups is 1. The van der Waals surface area contributed by atoms with Gasteiger partial charge in [-0.2, -0.15) is 0 Å². The highest BCUT2D eigenvalue weighted by atomic mass is 35.5. The van der Waals surface area contributed by atoms with Crippen molar-refractivity contribution in [3.8, 4) is 28.7 Å². The van der Waals surface area contributed by atoms with Gasteiger partial charge in [0, 0.05) is 65.6 Å². The van der Waals surface area contributed by atoms with Crippen molar-refractivity contribution in [2.45, 2.75) is 24.3 Å². The van der Waals surface area contributed by atoms with Crippen molar-refractivity contribution < 1.29 is 39.2 Å². The Labute approximate surface area is 292 Å². The molecule has 3 aromatic heterocycles. The minimum atomic E-state index is -0.441. The van der Waals surface area contributed by atoms with Gasteiger partial charge in [-0.05, 0) is 53.6 Å². The molecule has 50 heavy (non-hydrogen) atoms.